The van der Waals surface area contributed by atoms with Crippen LogP contribution >= 0.6 is 0 Å². The van der Waals surface area contributed by atoms with Gasteiger partial charge >= 0.3 is 0 Å². The van der Waals surface area contributed by atoms with Crippen molar-refractivity contribution in [3.8, 4) is 51.6 Å². The lowest BCUT2D eigenvalue weighted by Crippen LogP contribution is -2.43. The quantitative estimate of drug-likeness (QED) is 0.182. The van der Waals surface area contributed by atoms with Gasteiger partial charge in [-0.2, -0.15) is 0 Å². The number of hydrogen-bond donors (Lipinski definition) is 0. The normalized spacial score (nSPS) is 18.2. The zero-order chi connectivity index (χ0) is 35.1. The molecule has 0 radical (unpaired) electrons. The maximum Gasteiger partial charge on any atom is 0.235 e. The highest BCUT2D eigenvalue weighted by Crippen LogP contribution is 2.50. The van der Waals surface area contributed by atoms with Gasteiger partial charge in [-0.25, -0.2) is 0 Å². The van der Waals surface area contributed by atoms with Crippen LogP contribution in [0.15, 0.2) is 82.0 Å². The first-order valence-electron chi connectivity index (χ1n) is 16.4. The van der Waals surface area contributed by atoms with Crippen molar-refractivity contribution in [1.29, 1.82) is 0 Å². The van der Waals surface area contributed by atoms with Crippen molar-refractivity contribution in [3.63, 3.8) is 0 Å². The van der Waals surface area contributed by atoms with E-state index in [9.17, 15) is 9.59 Å². The molecule has 0 spiro atoms. The van der Waals surface area contributed by atoms with Crippen molar-refractivity contribution in [2.45, 2.75) is 38.4 Å². The number of carbonyl (C=O) groups is 1. The van der Waals surface area contributed by atoms with E-state index in [2.05, 4.69) is 13.8 Å². The second-order valence-corrected chi connectivity index (χ2v) is 12.6. The van der Waals surface area contributed by atoms with Gasteiger partial charge in [0, 0.05) is 29.2 Å². The molecule has 8 rings (SSSR count). The minimum absolute atomic E-state index is 0.0452. The molecule has 0 fully saturated rings. The Morgan fingerprint density at radius 1 is 0.760 bits per heavy atom. The molecule has 0 N–H and O–H groups in total. The molecule has 258 valence electrons. The smallest absolute Gasteiger partial charge is 0.235 e. The third kappa shape index (κ3) is 5.54. The molecule has 0 saturated carbocycles. The monoisotopic (exact) mass is 678 g/mol. The lowest BCUT2D eigenvalue weighted by Gasteiger charge is -2.37. The fourth-order valence-corrected chi connectivity index (χ4v) is 6.76. The van der Waals surface area contributed by atoms with Crippen molar-refractivity contribution in [2.75, 3.05) is 35.0 Å². The third-order valence-electron chi connectivity index (χ3n) is 9.39. The molecule has 0 bridgehead atoms. The zero-order valence-corrected chi connectivity index (χ0v) is 28.7. The Hall–Kier alpha value is -5.64. The number of rotatable bonds is 6. The average Bonchev–Trinajstić information content (AvgIpc) is 3.60. The van der Waals surface area contributed by atoms with E-state index in [0.717, 1.165) is 28.9 Å². The van der Waals surface area contributed by atoms with Crippen LogP contribution in [0.25, 0.3) is 22.3 Å². The average molecular weight is 679 g/mol. The molecule has 0 amide bonds. The Bertz CT molecular complexity index is 2140. The van der Waals surface area contributed by atoms with Crippen LogP contribution < -0.4 is 38.6 Å². The van der Waals surface area contributed by atoms with Crippen molar-refractivity contribution < 1.29 is 42.4 Å². The highest BCUT2D eigenvalue weighted by molar-refractivity contribution is 6.06. The lowest BCUT2D eigenvalue weighted by molar-refractivity contribution is 0.0554. The van der Waals surface area contributed by atoms with Gasteiger partial charge in [0.05, 0.1) is 45.3 Å². The molecule has 1 aromatic heterocycles. The summed E-state index contributed by atoms with van der Waals surface area (Å²) in [6.45, 7) is 4.58. The van der Waals surface area contributed by atoms with Gasteiger partial charge in [0.15, 0.2) is 34.4 Å². The minimum atomic E-state index is -0.438. The molecule has 3 aliphatic rings. The summed E-state index contributed by atoms with van der Waals surface area (Å²) >= 11 is 0. The van der Waals surface area contributed by atoms with Gasteiger partial charge in [0.2, 0.25) is 11.2 Å². The first kappa shape index (κ1) is 32.9. The summed E-state index contributed by atoms with van der Waals surface area (Å²) in [4.78, 5) is 26.1. The van der Waals surface area contributed by atoms with Crippen LogP contribution in [0, 0.1) is 5.92 Å². The fraction of sp³-hybridized carbons (Fsp3) is 0.300. The molecule has 5 aromatic rings. The lowest BCUT2D eigenvalue weighted by atomic mass is 9.81. The summed E-state index contributed by atoms with van der Waals surface area (Å²) < 4.78 is 45.6. The van der Waals surface area contributed by atoms with E-state index in [-0.39, 0.29) is 29.2 Å². The summed E-state index contributed by atoms with van der Waals surface area (Å²) in [5, 5.41) is 0.436. The van der Waals surface area contributed by atoms with Crippen LogP contribution in [0.3, 0.4) is 0 Å². The summed E-state index contributed by atoms with van der Waals surface area (Å²) in [5.41, 5.74) is 3.36. The molecule has 3 unspecified atom stereocenters. The molecule has 3 aliphatic heterocycles. The molecule has 4 heterocycles. The second-order valence-electron chi connectivity index (χ2n) is 12.6. The number of ether oxygens (including phenoxy) is 7. The number of para-hydroxylation sites is 1. The van der Waals surface area contributed by atoms with Crippen molar-refractivity contribution in [2.24, 2.45) is 5.92 Å². The summed E-state index contributed by atoms with van der Waals surface area (Å²) in [5.74, 6) is 4.36. The summed E-state index contributed by atoms with van der Waals surface area (Å²) in [7, 11) is 6.16. The van der Waals surface area contributed by atoms with E-state index in [4.69, 9.17) is 37.6 Å². The van der Waals surface area contributed by atoms with Crippen molar-refractivity contribution >= 4 is 16.8 Å². The Labute approximate surface area is 289 Å². The van der Waals surface area contributed by atoms with E-state index < -0.39 is 5.92 Å². The standard InChI is InChI=1S/C23H24O6.C17H14O4/c1-11(2)16-8-14-15(28-16)6-5-12-22(24)21-13-7-18(25-3)19(26-4)9-17(13)27-10-20(21)29-23(12)14;1-19-13-10-6-9-12-14(18)17(20-2)15(21-16(12)13)11-7-4-3-5-8-11/h5-7,9,11,16,20-21H,8,10H2,1-4H3;3-10H,1-2H3. The first-order chi connectivity index (χ1) is 24.3. The Kier molecular flexibility index (Phi) is 8.78. The first-order valence-corrected chi connectivity index (χ1v) is 16.4. The van der Waals surface area contributed by atoms with Gasteiger partial charge in [-0.05, 0) is 36.2 Å². The van der Waals surface area contributed by atoms with Crippen molar-refractivity contribution in [1.82, 2.24) is 0 Å². The van der Waals surface area contributed by atoms with Crippen LogP contribution in [-0.4, -0.2) is 53.0 Å². The number of fused-ring (bicyclic) bond motifs is 7. The van der Waals surface area contributed by atoms with E-state index >= 15 is 0 Å². The van der Waals surface area contributed by atoms with E-state index in [1.165, 1.54) is 7.11 Å². The Balaban J connectivity index is 0.000000166. The molecule has 4 aromatic carbocycles. The molecular formula is C40H38O10. The Morgan fingerprint density at radius 3 is 2.20 bits per heavy atom. The van der Waals surface area contributed by atoms with Crippen LogP contribution in [0.4, 0.5) is 0 Å². The van der Waals surface area contributed by atoms with Crippen LogP contribution in [0.1, 0.15) is 41.3 Å². The van der Waals surface area contributed by atoms with Crippen LogP contribution in [-0.2, 0) is 6.42 Å². The predicted octanol–water partition coefficient (Wildman–Crippen LogP) is 7.26. The highest BCUT2D eigenvalue weighted by atomic mass is 16.5. The minimum Gasteiger partial charge on any atom is -0.493 e. The van der Waals surface area contributed by atoms with Gasteiger partial charge in [0.25, 0.3) is 0 Å². The number of benzene rings is 4. The molecule has 10 heteroatoms. The highest BCUT2D eigenvalue weighted by Gasteiger charge is 2.45. The number of methoxy groups -OCH3 is 4. The molecule has 0 saturated heterocycles. The van der Waals surface area contributed by atoms with Gasteiger partial charge < -0.3 is 37.6 Å². The maximum atomic E-state index is 13.5. The fourth-order valence-electron chi connectivity index (χ4n) is 6.76. The second kappa shape index (κ2) is 13.3. The summed E-state index contributed by atoms with van der Waals surface area (Å²) in [6, 6.07) is 21.9. The topological polar surface area (TPSA) is 112 Å². The van der Waals surface area contributed by atoms with E-state index in [0.29, 0.717) is 63.6 Å². The van der Waals surface area contributed by atoms with E-state index in [1.807, 2.05) is 48.5 Å². The van der Waals surface area contributed by atoms with Gasteiger partial charge in [-0.15, -0.1) is 0 Å². The molecule has 3 atom stereocenters. The molecule has 10 nitrogen and oxygen atoms in total. The van der Waals surface area contributed by atoms with E-state index in [1.54, 1.807) is 45.6 Å². The molecule has 50 heavy (non-hydrogen) atoms. The maximum absolute atomic E-state index is 13.5. The molecular weight excluding hydrogens is 640 g/mol. The van der Waals surface area contributed by atoms with Crippen molar-refractivity contribution in [3.05, 3.63) is 99.7 Å². The van der Waals surface area contributed by atoms with Crippen LogP contribution in [0.5, 0.6) is 40.2 Å². The summed E-state index contributed by atoms with van der Waals surface area (Å²) in [6.07, 6.45) is 0.474. The number of hydrogen-bond acceptors (Lipinski definition) is 10. The van der Waals surface area contributed by atoms with Gasteiger partial charge in [0.1, 0.15) is 36.1 Å². The van der Waals surface area contributed by atoms with Crippen LogP contribution in [0.2, 0.25) is 0 Å². The van der Waals surface area contributed by atoms with Gasteiger partial charge in [-0.1, -0.05) is 50.2 Å². The number of Topliss-reactive ketones (excluding diaryl/α,β-unsaturated/α-hetero) is 1. The van der Waals surface area contributed by atoms with Gasteiger partial charge in [-0.3, -0.25) is 9.59 Å². The molecule has 0 aliphatic carbocycles. The third-order valence-corrected chi connectivity index (χ3v) is 9.39. The largest absolute Gasteiger partial charge is 0.493 e. The predicted molar refractivity (Wildman–Crippen MR) is 187 cm³/mol. The zero-order valence-electron chi connectivity index (χ0n) is 28.7. The Morgan fingerprint density at radius 2 is 1.50 bits per heavy atom. The number of carbonyl (C=O) groups excluding carboxylic acids is 1. The number of ketones is 1. The SMILES string of the molecule is COc1c(-c2ccccc2)oc2c(OC)cccc2c1=O.COc1cc2c(cc1OC)C1C(=O)c3ccc4c(c3OC1CO2)CC(C(C)C)O4.